The number of hydrogen-bond donors (Lipinski definition) is 0. The second kappa shape index (κ2) is 8.21. The standard InChI is InChI=1S/C18H19Cl2NO/c1-14(15-5-3-2-4-6-15)12-21(10-9-19)17-8-7-16(13-22)18(20)11-17/h2-8,11,13-14H,9-10,12H2,1H3. The summed E-state index contributed by atoms with van der Waals surface area (Å²) in [5, 5.41) is 0.472. The second-order valence-electron chi connectivity index (χ2n) is 5.27. The van der Waals surface area contributed by atoms with Gasteiger partial charge in [-0.25, -0.2) is 0 Å². The van der Waals surface area contributed by atoms with E-state index in [0.29, 0.717) is 22.4 Å². The van der Waals surface area contributed by atoms with Crippen molar-refractivity contribution in [1.29, 1.82) is 0 Å². The Hall–Kier alpha value is -1.51. The maximum Gasteiger partial charge on any atom is 0.151 e. The van der Waals surface area contributed by atoms with Crippen LogP contribution in [0.15, 0.2) is 48.5 Å². The van der Waals surface area contributed by atoms with Gasteiger partial charge in [0.05, 0.1) is 5.02 Å². The summed E-state index contributed by atoms with van der Waals surface area (Å²) >= 11 is 12.1. The first-order chi connectivity index (χ1) is 10.7. The maximum absolute atomic E-state index is 10.9. The van der Waals surface area contributed by atoms with Gasteiger partial charge in [0, 0.05) is 30.2 Å². The van der Waals surface area contributed by atoms with Gasteiger partial charge in [-0.1, -0.05) is 48.9 Å². The number of benzene rings is 2. The van der Waals surface area contributed by atoms with Crippen LogP contribution in [0.1, 0.15) is 28.8 Å². The van der Waals surface area contributed by atoms with Gasteiger partial charge in [-0.05, 0) is 29.7 Å². The van der Waals surface area contributed by atoms with E-state index >= 15 is 0 Å². The van der Waals surface area contributed by atoms with Crippen molar-refractivity contribution in [3.63, 3.8) is 0 Å². The van der Waals surface area contributed by atoms with Crippen LogP contribution in [0.25, 0.3) is 0 Å². The Morgan fingerprint density at radius 3 is 2.50 bits per heavy atom. The summed E-state index contributed by atoms with van der Waals surface area (Å²) in [6, 6.07) is 15.9. The minimum Gasteiger partial charge on any atom is -0.370 e. The largest absolute Gasteiger partial charge is 0.370 e. The number of carbonyl (C=O) groups is 1. The summed E-state index contributed by atoms with van der Waals surface area (Å²) in [5.74, 6) is 0.906. The van der Waals surface area contributed by atoms with E-state index in [0.717, 1.165) is 25.1 Å². The normalized spacial score (nSPS) is 12.0. The number of rotatable bonds is 7. The van der Waals surface area contributed by atoms with Crippen LogP contribution in [0, 0.1) is 0 Å². The van der Waals surface area contributed by atoms with Gasteiger partial charge in [0.15, 0.2) is 6.29 Å². The lowest BCUT2D eigenvalue weighted by molar-refractivity contribution is 0.112. The minimum atomic E-state index is 0.369. The van der Waals surface area contributed by atoms with Crippen molar-refractivity contribution < 1.29 is 4.79 Å². The molecular weight excluding hydrogens is 317 g/mol. The first-order valence-corrected chi connectivity index (χ1v) is 8.17. The molecular formula is C18H19Cl2NO. The molecule has 0 amide bonds. The van der Waals surface area contributed by atoms with Crippen LogP contribution < -0.4 is 4.90 Å². The Balaban J connectivity index is 2.19. The highest BCUT2D eigenvalue weighted by Gasteiger charge is 2.13. The van der Waals surface area contributed by atoms with Gasteiger partial charge in [-0.15, -0.1) is 11.6 Å². The molecule has 0 radical (unpaired) electrons. The van der Waals surface area contributed by atoms with E-state index in [1.54, 1.807) is 6.07 Å². The van der Waals surface area contributed by atoms with Gasteiger partial charge in [-0.2, -0.15) is 0 Å². The smallest absolute Gasteiger partial charge is 0.151 e. The van der Waals surface area contributed by atoms with Crippen molar-refractivity contribution in [1.82, 2.24) is 0 Å². The minimum absolute atomic E-state index is 0.369. The molecule has 0 fully saturated rings. The summed E-state index contributed by atoms with van der Waals surface area (Å²) in [6.07, 6.45) is 0.768. The van der Waals surface area contributed by atoms with E-state index in [1.807, 2.05) is 30.3 Å². The summed E-state index contributed by atoms with van der Waals surface area (Å²) < 4.78 is 0. The SMILES string of the molecule is CC(CN(CCCl)c1ccc(C=O)c(Cl)c1)c1ccccc1. The van der Waals surface area contributed by atoms with E-state index in [9.17, 15) is 4.79 Å². The number of hydrogen-bond acceptors (Lipinski definition) is 2. The summed E-state index contributed by atoms with van der Waals surface area (Å²) in [7, 11) is 0. The number of aldehydes is 1. The Morgan fingerprint density at radius 2 is 1.91 bits per heavy atom. The molecule has 0 spiro atoms. The average Bonchev–Trinajstić information content (AvgIpc) is 2.55. The van der Waals surface area contributed by atoms with E-state index < -0.39 is 0 Å². The molecule has 22 heavy (non-hydrogen) atoms. The Morgan fingerprint density at radius 1 is 1.18 bits per heavy atom. The van der Waals surface area contributed by atoms with E-state index in [4.69, 9.17) is 23.2 Å². The summed E-state index contributed by atoms with van der Waals surface area (Å²) in [4.78, 5) is 13.1. The molecule has 0 bridgehead atoms. The lowest BCUT2D eigenvalue weighted by Crippen LogP contribution is -2.29. The molecule has 0 aliphatic heterocycles. The molecule has 1 unspecified atom stereocenters. The Bertz CT molecular complexity index is 616. The van der Waals surface area contributed by atoms with Crippen molar-refractivity contribution >= 4 is 35.2 Å². The number of halogens is 2. The number of alkyl halides is 1. The lowest BCUT2D eigenvalue weighted by atomic mass is 10.0. The van der Waals surface area contributed by atoms with Crippen LogP contribution in [0.5, 0.6) is 0 Å². The van der Waals surface area contributed by atoms with Gasteiger partial charge in [0.1, 0.15) is 0 Å². The third-order valence-electron chi connectivity index (χ3n) is 3.69. The van der Waals surface area contributed by atoms with E-state index in [2.05, 4.69) is 24.0 Å². The van der Waals surface area contributed by atoms with Crippen LogP contribution in [-0.4, -0.2) is 25.3 Å². The third kappa shape index (κ3) is 4.25. The van der Waals surface area contributed by atoms with E-state index in [1.165, 1.54) is 5.56 Å². The fourth-order valence-electron chi connectivity index (χ4n) is 2.45. The first-order valence-electron chi connectivity index (χ1n) is 7.26. The molecule has 4 heteroatoms. The summed E-state index contributed by atoms with van der Waals surface area (Å²) in [6.45, 7) is 3.76. The zero-order chi connectivity index (χ0) is 15.9. The quantitative estimate of drug-likeness (QED) is 0.524. The zero-order valence-electron chi connectivity index (χ0n) is 12.5. The van der Waals surface area contributed by atoms with Gasteiger partial charge in [0.25, 0.3) is 0 Å². The predicted molar refractivity (Wildman–Crippen MR) is 94.6 cm³/mol. The predicted octanol–water partition coefficient (Wildman–Crippen LogP) is 5.00. The first kappa shape index (κ1) is 16.9. The van der Waals surface area contributed by atoms with Crippen molar-refractivity contribution in [2.45, 2.75) is 12.8 Å². The summed E-state index contributed by atoms with van der Waals surface area (Å²) in [5.41, 5.74) is 2.78. The van der Waals surface area contributed by atoms with Crippen molar-refractivity contribution in [3.8, 4) is 0 Å². The molecule has 0 saturated heterocycles. The topological polar surface area (TPSA) is 20.3 Å². The molecule has 0 N–H and O–H groups in total. The third-order valence-corrected chi connectivity index (χ3v) is 4.19. The molecule has 2 aromatic carbocycles. The van der Waals surface area contributed by atoms with Crippen molar-refractivity contribution in [2.75, 3.05) is 23.9 Å². The molecule has 1 atom stereocenters. The molecule has 0 saturated carbocycles. The monoisotopic (exact) mass is 335 g/mol. The van der Waals surface area contributed by atoms with Crippen LogP contribution in [-0.2, 0) is 0 Å². The van der Waals surface area contributed by atoms with E-state index in [-0.39, 0.29) is 0 Å². The molecule has 0 aromatic heterocycles. The molecule has 0 heterocycles. The van der Waals surface area contributed by atoms with Crippen LogP contribution in [0.2, 0.25) is 5.02 Å². The van der Waals surface area contributed by atoms with Crippen LogP contribution >= 0.6 is 23.2 Å². The average molecular weight is 336 g/mol. The van der Waals surface area contributed by atoms with Crippen LogP contribution in [0.3, 0.4) is 0 Å². The number of nitrogens with zero attached hydrogens (tertiary/aromatic N) is 1. The van der Waals surface area contributed by atoms with Gasteiger partial charge in [0.2, 0.25) is 0 Å². The number of anilines is 1. The highest BCUT2D eigenvalue weighted by Crippen LogP contribution is 2.25. The zero-order valence-corrected chi connectivity index (χ0v) is 14.0. The maximum atomic E-state index is 10.9. The molecule has 0 aliphatic rings. The van der Waals surface area contributed by atoms with Gasteiger partial charge < -0.3 is 4.90 Å². The molecule has 116 valence electrons. The second-order valence-corrected chi connectivity index (χ2v) is 6.06. The number of carbonyl (C=O) groups excluding carboxylic acids is 1. The molecule has 2 rings (SSSR count). The highest BCUT2D eigenvalue weighted by atomic mass is 35.5. The Kier molecular flexibility index (Phi) is 6.29. The fourth-order valence-corrected chi connectivity index (χ4v) is 2.88. The van der Waals surface area contributed by atoms with Crippen molar-refractivity contribution in [2.24, 2.45) is 0 Å². The van der Waals surface area contributed by atoms with Gasteiger partial charge in [-0.3, -0.25) is 4.79 Å². The Labute approximate surface area is 141 Å². The molecule has 2 nitrogen and oxygen atoms in total. The lowest BCUT2D eigenvalue weighted by Gasteiger charge is -2.28. The fraction of sp³-hybridized carbons (Fsp3) is 0.278. The van der Waals surface area contributed by atoms with Crippen molar-refractivity contribution in [3.05, 3.63) is 64.7 Å². The molecule has 0 aliphatic carbocycles. The molecule has 2 aromatic rings. The van der Waals surface area contributed by atoms with Crippen LogP contribution in [0.4, 0.5) is 5.69 Å². The van der Waals surface area contributed by atoms with Gasteiger partial charge >= 0.3 is 0 Å². The highest BCUT2D eigenvalue weighted by molar-refractivity contribution is 6.33.